The van der Waals surface area contributed by atoms with Crippen LogP contribution in [0.15, 0.2) is 91.0 Å². The minimum Gasteiger partial charge on any atom is -0.550 e. The van der Waals surface area contributed by atoms with Crippen molar-refractivity contribution in [3.63, 3.8) is 0 Å². The van der Waals surface area contributed by atoms with Gasteiger partial charge in [0.2, 0.25) is 0 Å². The van der Waals surface area contributed by atoms with Gasteiger partial charge in [-0.05, 0) is 16.7 Å². The van der Waals surface area contributed by atoms with E-state index in [1.54, 1.807) is 0 Å². The molecule has 0 atom stereocenters. The normalized spacial score (nSPS) is 10.7. The Morgan fingerprint density at radius 1 is 0.667 bits per heavy atom. The quantitative estimate of drug-likeness (QED) is 0.496. The molecule has 0 saturated heterocycles. The van der Waals surface area contributed by atoms with Gasteiger partial charge in [0.15, 0.2) is 0 Å². The van der Waals surface area contributed by atoms with Crippen LogP contribution in [0.25, 0.3) is 0 Å². The number of rotatable bonds is 5. The van der Waals surface area contributed by atoms with Crippen molar-refractivity contribution in [2.75, 3.05) is 0 Å². The molecular weight excluding hydrogens is 307 g/mol. The van der Waals surface area contributed by atoms with Crippen LogP contribution in [-0.2, 0) is 10.2 Å². The van der Waals surface area contributed by atoms with Gasteiger partial charge in [0.1, 0.15) is 0 Å². The van der Waals surface area contributed by atoms with E-state index < -0.39 is 11.4 Å². The first kappa shape index (κ1) is 18.5. The van der Waals surface area contributed by atoms with Gasteiger partial charge in [0, 0.05) is 12.4 Å². The van der Waals surface area contributed by atoms with Gasteiger partial charge in [-0.15, -0.1) is 0 Å². The third kappa shape index (κ3) is 3.62. The number of carbonyl (C=O) groups excluding carboxylic acids is 1. The number of carboxylic acids is 1. The maximum Gasteiger partial charge on any atom is 1.00 e. The average molecular weight is 324 g/mol. The summed E-state index contributed by atoms with van der Waals surface area (Å²) in [7, 11) is 0. The predicted octanol–water partition coefficient (Wildman–Crippen LogP) is 0.165. The van der Waals surface area contributed by atoms with Gasteiger partial charge < -0.3 is 9.90 Å². The van der Waals surface area contributed by atoms with Gasteiger partial charge in [-0.2, -0.15) is 0 Å². The smallest absolute Gasteiger partial charge is 0.550 e. The molecule has 0 aliphatic rings. The maximum absolute atomic E-state index is 11.6. The molecule has 0 unspecified atom stereocenters. The van der Waals surface area contributed by atoms with Crippen molar-refractivity contribution in [1.29, 1.82) is 0 Å². The Bertz CT molecular complexity index is 674. The van der Waals surface area contributed by atoms with Crippen LogP contribution in [0.2, 0.25) is 0 Å². The minimum atomic E-state index is -1.07. The van der Waals surface area contributed by atoms with Crippen LogP contribution in [0.5, 0.6) is 0 Å². The van der Waals surface area contributed by atoms with Crippen LogP contribution < -0.4 is 34.7 Å². The summed E-state index contributed by atoms with van der Waals surface area (Å²) in [6.45, 7) is 0. The first-order chi connectivity index (χ1) is 11.2. The molecular formula is C21H17NaO2. The summed E-state index contributed by atoms with van der Waals surface area (Å²) in [5.74, 6) is -1.07. The summed E-state index contributed by atoms with van der Waals surface area (Å²) in [4.78, 5) is 11.6. The summed E-state index contributed by atoms with van der Waals surface area (Å²) >= 11 is 0. The SMILES string of the molecule is O=C([O-])CC(c1ccccc1)(c1ccccc1)c1ccccc1.[Na+]. The molecule has 24 heavy (non-hydrogen) atoms. The molecule has 0 saturated carbocycles. The molecule has 3 aromatic carbocycles. The van der Waals surface area contributed by atoms with Gasteiger partial charge in [-0.25, -0.2) is 0 Å². The van der Waals surface area contributed by atoms with Gasteiger partial charge in [-0.3, -0.25) is 0 Å². The fourth-order valence-electron chi connectivity index (χ4n) is 3.19. The predicted molar refractivity (Wildman–Crippen MR) is 88.8 cm³/mol. The fraction of sp³-hybridized carbons (Fsp3) is 0.0952. The van der Waals surface area contributed by atoms with Crippen molar-refractivity contribution < 1.29 is 39.5 Å². The van der Waals surface area contributed by atoms with E-state index in [4.69, 9.17) is 0 Å². The number of carbonyl (C=O) groups is 1. The first-order valence-electron chi connectivity index (χ1n) is 7.60. The second-order valence-electron chi connectivity index (χ2n) is 5.55. The van der Waals surface area contributed by atoms with Crippen molar-refractivity contribution in [1.82, 2.24) is 0 Å². The van der Waals surface area contributed by atoms with Gasteiger partial charge in [-0.1, -0.05) is 91.0 Å². The van der Waals surface area contributed by atoms with E-state index >= 15 is 0 Å². The molecule has 3 aromatic rings. The summed E-state index contributed by atoms with van der Waals surface area (Å²) in [6, 6.07) is 29.3. The van der Waals surface area contributed by atoms with Crippen LogP contribution in [0.3, 0.4) is 0 Å². The number of aliphatic carboxylic acids is 1. The molecule has 0 amide bonds. The van der Waals surface area contributed by atoms with Crippen LogP contribution in [0.1, 0.15) is 23.1 Å². The van der Waals surface area contributed by atoms with E-state index in [2.05, 4.69) is 0 Å². The molecule has 0 fully saturated rings. The third-order valence-corrected chi connectivity index (χ3v) is 4.21. The van der Waals surface area contributed by atoms with Crippen LogP contribution in [0, 0.1) is 0 Å². The van der Waals surface area contributed by atoms with Gasteiger partial charge in [0.25, 0.3) is 0 Å². The van der Waals surface area contributed by atoms with Crippen LogP contribution >= 0.6 is 0 Å². The zero-order valence-electron chi connectivity index (χ0n) is 13.7. The van der Waals surface area contributed by atoms with E-state index in [-0.39, 0.29) is 36.0 Å². The molecule has 0 N–H and O–H groups in total. The van der Waals surface area contributed by atoms with Gasteiger partial charge >= 0.3 is 29.6 Å². The van der Waals surface area contributed by atoms with Gasteiger partial charge in [0.05, 0.1) is 5.41 Å². The maximum atomic E-state index is 11.6. The van der Waals surface area contributed by atoms with Crippen molar-refractivity contribution >= 4 is 5.97 Å². The molecule has 2 nitrogen and oxygen atoms in total. The summed E-state index contributed by atoms with van der Waals surface area (Å²) in [6.07, 6.45) is -0.106. The number of hydrogen-bond donors (Lipinski definition) is 0. The van der Waals surface area contributed by atoms with Crippen molar-refractivity contribution in [2.45, 2.75) is 11.8 Å². The second-order valence-corrected chi connectivity index (χ2v) is 5.55. The van der Waals surface area contributed by atoms with E-state index in [1.807, 2.05) is 91.0 Å². The number of benzene rings is 3. The second kappa shape index (κ2) is 8.29. The number of hydrogen-bond acceptors (Lipinski definition) is 2. The van der Waals surface area contributed by atoms with Crippen molar-refractivity contribution in [2.24, 2.45) is 0 Å². The molecule has 3 heteroatoms. The molecule has 0 bridgehead atoms. The van der Waals surface area contributed by atoms with Crippen LogP contribution in [-0.4, -0.2) is 5.97 Å². The monoisotopic (exact) mass is 324 g/mol. The summed E-state index contributed by atoms with van der Waals surface area (Å²) < 4.78 is 0. The van der Waals surface area contributed by atoms with Crippen molar-refractivity contribution in [3.05, 3.63) is 108 Å². The molecule has 0 aliphatic carbocycles. The van der Waals surface area contributed by atoms with Crippen LogP contribution in [0.4, 0.5) is 0 Å². The Morgan fingerprint density at radius 2 is 0.958 bits per heavy atom. The zero-order chi connectivity index (χ0) is 16.1. The van der Waals surface area contributed by atoms with E-state index in [0.717, 1.165) is 16.7 Å². The molecule has 114 valence electrons. The summed E-state index contributed by atoms with van der Waals surface area (Å²) in [5.41, 5.74) is 2.08. The Hall–Kier alpha value is -1.87. The average Bonchev–Trinajstić information content (AvgIpc) is 2.62. The Morgan fingerprint density at radius 3 is 1.21 bits per heavy atom. The van der Waals surface area contributed by atoms with Crippen molar-refractivity contribution in [3.8, 4) is 0 Å². The van der Waals surface area contributed by atoms with E-state index in [0.29, 0.717) is 0 Å². The molecule has 0 heterocycles. The largest absolute Gasteiger partial charge is 1.00 e. The van der Waals surface area contributed by atoms with E-state index in [1.165, 1.54) is 0 Å². The fourth-order valence-corrected chi connectivity index (χ4v) is 3.19. The minimum absolute atomic E-state index is 0. The molecule has 0 radical (unpaired) electrons. The summed E-state index contributed by atoms with van der Waals surface area (Å²) in [5, 5.41) is 11.6. The Labute approximate surface area is 164 Å². The standard InChI is InChI=1S/C21H18O2.Na/c22-20(23)16-21(17-10-4-1-5-11-17,18-12-6-2-7-13-18)19-14-8-3-9-15-19;/h1-15H,16H2,(H,22,23);/q;+1/p-1. The molecule has 0 aliphatic heterocycles. The van der Waals surface area contributed by atoms with E-state index in [9.17, 15) is 9.90 Å². The topological polar surface area (TPSA) is 40.1 Å². The molecule has 0 aromatic heterocycles. The molecule has 3 rings (SSSR count). The zero-order valence-corrected chi connectivity index (χ0v) is 15.7. The number of carboxylic acid groups (broad SMARTS) is 1. The molecule has 0 spiro atoms. The Kier molecular flexibility index (Phi) is 6.38. The third-order valence-electron chi connectivity index (χ3n) is 4.21. The Balaban J connectivity index is 0.00000208. The first-order valence-corrected chi connectivity index (χ1v) is 7.60.